The molecule has 0 aliphatic carbocycles. The van der Waals surface area contributed by atoms with Crippen molar-refractivity contribution < 1.29 is 4.58 Å². The van der Waals surface area contributed by atoms with Gasteiger partial charge < -0.3 is 4.90 Å². The Kier molecular flexibility index (Phi) is 5.99. The number of nitrogens with zero attached hydrogens (tertiary/aromatic N) is 2. The first kappa shape index (κ1) is 22.7. The molecule has 4 rings (SSSR count). The van der Waals surface area contributed by atoms with Crippen LogP contribution in [-0.4, -0.2) is 24.4 Å². The maximum Gasteiger partial charge on any atom is 0.209 e. The zero-order valence-corrected chi connectivity index (χ0v) is 17.2. The molecule has 0 spiro atoms. The van der Waals surface area contributed by atoms with Gasteiger partial charge in [-0.05, 0) is 31.6 Å². The largest absolute Gasteiger partial charge is 0.347 e. The summed E-state index contributed by atoms with van der Waals surface area (Å²) in [5, 5.41) is 0. The highest BCUT2D eigenvalue weighted by molar-refractivity contribution is 6.03. The van der Waals surface area contributed by atoms with Gasteiger partial charge in [0.2, 0.25) is 5.69 Å². The van der Waals surface area contributed by atoms with Crippen LogP contribution in [0.3, 0.4) is 0 Å². The van der Waals surface area contributed by atoms with Crippen LogP contribution >= 0.6 is 0 Å². The number of fused-ring (bicyclic) bond motifs is 2. The number of allylic oxidation sites excluding steroid dienone is 4. The van der Waals surface area contributed by atoms with Crippen molar-refractivity contribution in [1.82, 2.24) is 0 Å². The Hall–Kier alpha value is -2.61. The number of para-hydroxylation sites is 2. The van der Waals surface area contributed by atoms with Gasteiger partial charge in [-0.1, -0.05) is 71.2 Å². The molecule has 2 heterocycles. The van der Waals surface area contributed by atoms with Crippen molar-refractivity contribution in [2.24, 2.45) is 0 Å². The highest BCUT2D eigenvalue weighted by Gasteiger charge is 2.42. The normalized spacial score (nSPS) is 19.8. The standard InChI is InChI=1S/C25H29N2.2CH4/c1-24(2)18-12-7-9-14-20(18)26(5)22(24)16-11-17-23-25(3,4)19-13-8-10-15-21(19)27(23)6;;/h7-17H,1-6H3;2*1H4/q+1;;. The molecule has 2 nitrogen and oxygen atoms in total. The van der Waals surface area contributed by atoms with Crippen molar-refractivity contribution in [2.45, 2.75) is 53.4 Å². The Morgan fingerprint density at radius 2 is 1.41 bits per heavy atom. The molecule has 0 N–H and O–H groups in total. The Morgan fingerprint density at radius 1 is 0.828 bits per heavy atom. The molecule has 0 saturated carbocycles. The van der Waals surface area contributed by atoms with Crippen molar-refractivity contribution in [2.75, 3.05) is 19.0 Å². The fourth-order valence-electron chi connectivity index (χ4n) is 4.83. The summed E-state index contributed by atoms with van der Waals surface area (Å²) in [5.41, 5.74) is 8.09. The lowest BCUT2D eigenvalue weighted by Gasteiger charge is -2.23. The van der Waals surface area contributed by atoms with E-state index in [0.717, 1.165) is 0 Å². The molecule has 2 aliphatic rings. The monoisotopic (exact) mass is 389 g/mol. The van der Waals surface area contributed by atoms with Crippen molar-refractivity contribution in [3.63, 3.8) is 0 Å². The number of rotatable bonds is 2. The molecule has 2 heteroatoms. The van der Waals surface area contributed by atoms with Crippen LogP contribution in [-0.2, 0) is 10.8 Å². The quantitative estimate of drug-likeness (QED) is 0.510. The third kappa shape index (κ3) is 3.25. The van der Waals surface area contributed by atoms with E-state index in [2.05, 4.69) is 118 Å². The summed E-state index contributed by atoms with van der Waals surface area (Å²) in [6, 6.07) is 17.4. The maximum absolute atomic E-state index is 2.32. The molecule has 0 radical (unpaired) electrons. The third-order valence-corrected chi connectivity index (χ3v) is 6.39. The lowest BCUT2D eigenvalue weighted by molar-refractivity contribution is -0.401. The van der Waals surface area contributed by atoms with Crippen molar-refractivity contribution in [3.8, 4) is 0 Å². The second kappa shape index (κ2) is 7.67. The molecule has 0 fully saturated rings. The van der Waals surface area contributed by atoms with Gasteiger partial charge in [0.25, 0.3) is 0 Å². The first-order valence-corrected chi connectivity index (χ1v) is 9.69. The lowest BCUT2D eigenvalue weighted by atomic mass is 9.81. The molecular formula is C27H37N2+. The average Bonchev–Trinajstić information content (AvgIpc) is 2.96. The second-order valence-corrected chi connectivity index (χ2v) is 8.70. The average molecular weight is 390 g/mol. The molecular weight excluding hydrogens is 352 g/mol. The molecule has 0 unspecified atom stereocenters. The van der Waals surface area contributed by atoms with Crippen molar-refractivity contribution in [3.05, 3.63) is 83.6 Å². The number of likely N-dealkylation sites (N-methyl/N-ethyl adjacent to an activating group) is 1. The molecule has 2 aromatic rings. The molecule has 29 heavy (non-hydrogen) atoms. The molecule has 154 valence electrons. The Bertz CT molecular complexity index is 1000. The van der Waals surface area contributed by atoms with Crippen LogP contribution < -0.4 is 4.90 Å². The highest BCUT2D eigenvalue weighted by Crippen LogP contribution is 2.46. The molecule has 0 bridgehead atoms. The van der Waals surface area contributed by atoms with Crippen molar-refractivity contribution in [1.29, 1.82) is 0 Å². The zero-order valence-electron chi connectivity index (χ0n) is 17.2. The molecule has 0 aromatic heterocycles. The summed E-state index contributed by atoms with van der Waals surface area (Å²) < 4.78 is 2.32. The summed E-state index contributed by atoms with van der Waals surface area (Å²) in [5.74, 6) is 0. The minimum Gasteiger partial charge on any atom is -0.347 e. The summed E-state index contributed by atoms with van der Waals surface area (Å²) in [7, 11) is 4.34. The van der Waals surface area contributed by atoms with Gasteiger partial charge in [0.05, 0.1) is 5.41 Å². The van der Waals surface area contributed by atoms with Gasteiger partial charge in [-0.2, -0.15) is 4.58 Å². The predicted octanol–water partition coefficient (Wildman–Crippen LogP) is 6.83. The number of benzene rings is 2. The fraction of sp³-hybridized carbons (Fsp3) is 0.370. The van der Waals surface area contributed by atoms with E-state index < -0.39 is 0 Å². The van der Waals surface area contributed by atoms with Gasteiger partial charge in [0.15, 0.2) is 5.71 Å². The van der Waals surface area contributed by atoms with E-state index >= 15 is 0 Å². The van der Waals surface area contributed by atoms with Crippen LogP contribution in [0.15, 0.2) is 72.5 Å². The van der Waals surface area contributed by atoms with Gasteiger partial charge in [-0.3, -0.25) is 0 Å². The van der Waals surface area contributed by atoms with Gasteiger partial charge in [-0.25, -0.2) is 0 Å². The Balaban J connectivity index is 0.00000150. The molecule has 0 atom stereocenters. The van der Waals surface area contributed by atoms with Crippen LogP contribution in [0.5, 0.6) is 0 Å². The van der Waals surface area contributed by atoms with E-state index in [9.17, 15) is 0 Å². The van der Waals surface area contributed by atoms with E-state index in [0.29, 0.717) is 0 Å². The third-order valence-electron chi connectivity index (χ3n) is 6.39. The minimum absolute atomic E-state index is 0. The van der Waals surface area contributed by atoms with Gasteiger partial charge in [0, 0.05) is 41.6 Å². The molecule has 0 saturated heterocycles. The summed E-state index contributed by atoms with van der Waals surface area (Å²) in [6.07, 6.45) is 6.78. The fourth-order valence-corrected chi connectivity index (χ4v) is 4.83. The van der Waals surface area contributed by atoms with Crippen LogP contribution in [0.4, 0.5) is 11.4 Å². The zero-order chi connectivity index (χ0) is 19.4. The Labute approximate surface area is 177 Å². The van der Waals surface area contributed by atoms with Crippen molar-refractivity contribution >= 4 is 17.1 Å². The van der Waals surface area contributed by atoms with Crippen LogP contribution in [0.25, 0.3) is 0 Å². The summed E-state index contributed by atoms with van der Waals surface area (Å²) in [6.45, 7) is 9.24. The van der Waals surface area contributed by atoms with Crippen LogP contribution in [0.2, 0.25) is 0 Å². The van der Waals surface area contributed by atoms with E-state index in [-0.39, 0.29) is 25.7 Å². The van der Waals surface area contributed by atoms with E-state index in [1.54, 1.807) is 0 Å². The van der Waals surface area contributed by atoms with E-state index in [1.807, 2.05) is 0 Å². The molecule has 2 aliphatic heterocycles. The Morgan fingerprint density at radius 3 is 2.03 bits per heavy atom. The van der Waals surface area contributed by atoms with E-state index in [4.69, 9.17) is 0 Å². The predicted molar refractivity (Wildman–Crippen MR) is 129 cm³/mol. The summed E-state index contributed by atoms with van der Waals surface area (Å²) in [4.78, 5) is 2.32. The maximum atomic E-state index is 2.32. The highest BCUT2D eigenvalue weighted by atomic mass is 15.2. The minimum atomic E-state index is 0. The van der Waals surface area contributed by atoms with Gasteiger partial charge in [-0.15, -0.1) is 0 Å². The number of anilines is 1. The van der Waals surface area contributed by atoms with E-state index in [1.165, 1.54) is 33.9 Å². The first-order valence-electron chi connectivity index (χ1n) is 9.69. The summed E-state index contributed by atoms with van der Waals surface area (Å²) >= 11 is 0. The SMILES string of the molecule is C.C.CN1C(=CC=CC2=[N+](C)c3ccccc3C2(C)C)C(C)(C)c2ccccc21. The second-order valence-electron chi connectivity index (χ2n) is 8.70. The topological polar surface area (TPSA) is 6.25 Å². The molecule has 0 amide bonds. The van der Waals surface area contributed by atoms with Gasteiger partial charge in [0.1, 0.15) is 7.05 Å². The molecule has 2 aromatic carbocycles. The van der Waals surface area contributed by atoms with Gasteiger partial charge >= 0.3 is 0 Å². The smallest absolute Gasteiger partial charge is 0.209 e. The first-order chi connectivity index (χ1) is 12.8. The number of hydrogen-bond donors (Lipinski definition) is 0. The van der Waals surface area contributed by atoms with Crippen LogP contribution in [0.1, 0.15) is 53.7 Å². The number of hydrogen-bond acceptors (Lipinski definition) is 1. The lowest BCUT2D eigenvalue weighted by Crippen LogP contribution is -2.26. The van der Waals surface area contributed by atoms with Crippen LogP contribution in [0, 0.1) is 0 Å².